The molecule has 4 rings (SSSR count). The van der Waals surface area contributed by atoms with Crippen molar-refractivity contribution in [3.05, 3.63) is 18.1 Å². The normalized spacial score (nSPS) is 24.3. The number of nitrogens with one attached hydrogen (secondary N) is 1. The van der Waals surface area contributed by atoms with Crippen LogP contribution in [0, 0.1) is 17.8 Å². The van der Waals surface area contributed by atoms with E-state index in [0.717, 1.165) is 56.7 Å². The summed E-state index contributed by atoms with van der Waals surface area (Å²) >= 11 is 0. The smallest absolute Gasteiger partial charge is 0.308 e. The van der Waals surface area contributed by atoms with Gasteiger partial charge in [-0.2, -0.15) is 0 Å². The van der Waals surface area contributed by atoms with Crippen LogP contribution in [0.5, 0.6) is 0 Å². The maximum atomic E-state index is 12.1. The van der Waals surface area contributed by atoms with Gasteiger partial charge < -0.3 is 14.6 Å². The number of rotatable bonds is 4. The fraction of sp³-hybridized carbons (Fsp3) is 0.650. The molecule has 1 N–H and O–H groups in total. The highest BCUT2D eigenvalue weighted by Crippen LogP contribution is 2.42. The number of carbonyl (C=O) groups excluding carboxylic acids is 1. The molecule has 1 aliphatic heterocycles. The first kappa shape index (κ1) is 17.3. The minimum atomic E-state index is -0.00708. The molecule has 0 bridgehead atoms. The summed E-state index contributed by atoms with van der Waals surface area (Å²) in [5.74, 6) is 2.27. The number of hydrogen-bond acceptors (Lipinski definition) is 5. The number of nitrogens with zero attached hydrogens (tertiary/aromatic N) is 3. The standard InChI is InChI=1S/C20H28N4O2/c1-3-13-11-21-18-17(13)19(23-12-22-18)24-9-7-14(8-10-24)15-5-4-6-16(15)20(25)26-2/h11-12,14-16H,3-10H2,1-2H3,(H,21,22,23). The molecular formula is C20H28N4O2. The first-order chi connectivity index (χ1) is 12.7. The van der Waals surface area contributed by atoms with Crippen molar-refractivity contribution in [2.75, 3.05) is 25.1 Å². The van der Waals surface area contributed by atoms with Crippen LogP contribution in [0.25, 0.3) is 11.0 Å². The third kappa shape index (κ3) is 2.95. The van der Waals surface area contributed by atoms with Crippen LogP contribution < -0.4 is 4.90 Å². The van der Waals surface area contributed by atoms with E-state index in [1.807, 2.05) is 0 Å². The number of esters is 1. The Balaban J connectivity index is 1.49. The molecule has 6 nitrogen and oxygen atoms in total. The lowest BCUT2D eigenvalue weighted by molar-refractivity contribution is -0.147. The van der Waals surface area contributed by atoms with E-state index >= 15 is 0 Å². The van der Waals surface area contributed by atoms with Crippen LogP contribution in [0.4, 0.5) is 5.82 Å². The number of aromatic amines is 1. The number of carbonyl (C=O) groups is 1. The lowest BCUT2D eigenvalue weighted by Gasteiger charge is -2.37. The summed E-state index contributed by atoms with van der Waals surface area (Å²) in [6, 6.07) is 0. The third-order valence-electron chi connectivity index (χ3n) is 6.43. The molecule has 2 unspecified atom stereocenters. The van der Waals surface area contributed by atoms with Crippen LogP contribution in [0.2, 0.25) is 0 Å². The van der Waals surface area contributed by atoms with Crippen LogP contribution in [0.1, 0.15) is 44.6 Å². The molecule has 6 heteroatoms. The molecule has 1 saturated heterocycles. The Morgan fingerprint density at radius 1 is 1.27 bits per heavy atom. The maximum Gasteiger partial charge on any atom is 0.308 e. The van der Waals surface area contributed by atoms with Crippen molar-refractivity contribution in [1.29, 1.82) is 0 Å². The summed E-state index contributed by atoms with van der Waals surface area (Å²) < 4.78 is 5.04. The lowest BCUT2D eigenvalue weighted by atomic mass is 9.78. The first-order valence-electron chi connectivity index (χ1n) is 9.86. The zero-order chi connectivity index (χ0) is 18.1. The van der Waals surface area contributed by atoms with Gasteiger partial charge in [-0.05, 0) is 49.5 Å². The van der Waals surface area contributed by atoms with E-state index in [0.29, 0.717) is 11.8 Å². The Labute approximate surface area is 154 Å². The van der Waals surface area contributed by atoms with Crippen LogP contribution in [0.3, 0.4) is 0 Å². The fourth-order valence-electron chi connectivity index (χ4n) is 5.06. The van der Waals surface area contributed by atoms with Crippen molar-refractivity contribution in [2.24, 2.45) is 17.8 Å². The number of fused-ring (bicyclic) bond motifs is 1. The highest BCUT2D eigenvalue weighted by atomic mass is 16.5. The number of ether oxygens (including phenoxy) is 1. The van der Waals surface area contributed by atoms with Crippen molar-refractivity contribution in [3.8, 4) is 0 Å². The minimum absolute atomic E-state index is 0.00708. The summed E-state index contributed by atoms with van der Waals surface area (Å²) in [7, 11) is 1.52. The monoisotopic (exact) mass is 356 g/mol. The number of piperidine rings is 1. The van der Waals surface area contributed by atoms with E-state index in [2.05, 4.69) is 33.0 Å². The van der Waals surface area contributed by atoms with Gasteiger partial charge in [0.25, 0.3) is 0 Å². The molecule has 0 aromatic carbocycles. The molecule has 0 amide bonds. The summed E-state index contributed by atoms with van der Waals surface area (Å²) in [5, 5.41) is 1.17. The van der Waals surface area contributed by atoms with E-state index in [1.54, 1.807) is 6.33 Å². The van der Waals surface area contributed by atoms with Gasteiger partial charge >= 0.3 is 5.97 Å². The van der Waals surface area contributed by atoms with Crippen LogP contribution >= 0.6 is 0 Å². The molecule has 1 aliphatic carbocycles. The Morgan fingerprint density at radius 3 is 2.81 bits per heavy atom. The van der Waals surface area contributed by atoms with Gasteiger partial charge in [-0.3, -0.25) is 4.79 Å². The van der Waals surface area contributed by atoms with Crippen molar-refractivity contribution in [2.45, 2.75) is 45.4 Å². The molecule has 2 fully saturated rings. The number of anilines is 1. The molecule has 1 saturated carbocycles. The largest absolute Gasteiger partial charge is 0.469 e. The van der Waals surface area contributed by atoms with Gasteiger partial charge in [-0.15, -0.1) is 0 Å². The zero-order valence-electron chi connectivity index (χ0n) is 15.7. The van der Waals surface area contributed by atoms with Crippen molar-refractivity contribution in [3.63, 3.8) is 0 Å². The minimum Gasteiger partial charge on any atom is -0.469 e. The molecule has 3 heterocycles. The Bertz CT molecular complexity index is 779. The van der Waals surface area contributed by atoms with Gasteiger partial charge in [0, 0.05) is 19.3 Å². The highest BCUT2D eigenvalue weighted by molar-refractivity contribution is 5.90. The summed E-state index contributed by atoms with van der Waals surface area (Å²) in [6.45, 7) is 4.16. The Morgan fingerprint density at radius 2 is 2.08 bits per heavy atom. The molecular weight excluding hydrogens is 328 g/mol. The van der Waals surface area contributed by atoms with E-state index in [-0.39, 0.29) is 11.9 Å². The van der Waals surface area contributed by atoms with E-state index < -0.39 is 0 Å². The molecule has 2 aromatic heterocycles. The number of aryl methyl sites for hydroxylation is 1. The highest BCUT2D eigenvalue weighted by Gasteiger charge is 2.39. The number of hydrogen-bond donors (Lipinski definition) is 1. The van der Waals surface area contributed by atoms with Crippen molar-refractivity contribution >= 4 is 22.8 Å². The average molecular weight is 356 g/mol. The molecule has 2 aliphatic rings. The van der Waals surface area contributed by atoms with Gasteiger partial charge in [0.15, 0.2) is 0 Å². The summed E-state index contributed by atoms with van der Waals surface area (Å²) in [5.41, 5.74) is 2.20. The van der Waals surface area contributed by atoms with Gasteiger partial charge in [0.2, 0.25) is 0 Å². The van der Waals surface area contributed by atoms with E-state index in [9.17, 15) is 4.79 Å². The van der Waals surface area contributed by atoms with Crippen LogP contribution in [-0.2, 0) is 16.0 Å². The van der Waals surface area contributed by atoms with Crippen LogP contribution in [-0.4, -0.2) is 41.1 Å². The quantitative estimate of drug-likeness (QED) is 0.851. The first-order valence-corrected chi connectivity index (χ1v) is 9.86. The fourth-order valence-corrected chi connectivity index (χ4v) is 5.06. The van der Waals surface area contributed by atoms with E-state index in [1.165, 1.54) is 24.5 Å². The van der Waals surface area contributed by atoms with Crippen molar-refractivity contribution in [1.82, 2.24) is 15.0 Å². The maximum absolute atomic E-state index is 12.1. The molecule has 26 heavy (non-hydrogen) atoms. The topological polar surface area (TPSA) is 71.1 Å². The molecule has 2 atom stereocenters. The van der Waals surface area contributed by atoms with E-state index in [4.69, 9.17) is 4.74 Å². The lowest BCUT2D eigenvalue weighted by Crippen LogP contribution is -2.38. The second-order valence-electron chi connectivity index (χ2n) is 7.64. The van der Waals surface area contributed by atoms with Gasteiger partial charge in [0.05, 0.1) is 18.4 Å². The predicted octanol–water partition coefficient (Wildman–Crippen LogP) is 3.33. The molecule has 0 radical (unpaired) electrons. The number of H-pyrrole nitrogens is 1. The predicted molar refractivity (Wildman–Crippen MR) is 101 cm³/mol. The second kappa shape index (κ2) is 7.25. The number of aromatic nitrogens is 3. The van der Waals surface area contributed by atoms with Crippen molar-refractivity contribution < 1.29 is 9.53 Å². The van der Waals surface area contributed by atoms with Gasteiger partial charge in [0.1, 0.15) is 17.8 Å². The SMILES string of the molecule is CCc1c[nH]c2ncnc(N3CCC(C4CCCC4C(=O)OC)CC3)c12. The Hall–Kier alpha value is -2.11. The summed E-state index contributed by atoms with van der Waals surface area (Å²) in [4.78, 5) is 26.7. The average Bonchev–Trinajstić information content (AvgIpc) is 3.34. The van der Waals surface area contributed by atoms with Gasteiger partial charge in [-0.1, -0.05) is 13.3 Å². The summed E-state index contributed by atoms with van der Waals surface area (Å²) in [6.07, 6.45) is 10.2. The molecule has 2 aromatic rings. The molecule has 0 spiro atoms. The Kier molecular flexibility index (Phi) is 4.83. The van der Waals surface area contributed by atoms with Crippen LogP contribution in [0.15, 0.2) is 12.5 Å². The second-order valence-corrected chi connectivity index (χ2v) is 7.64. The van der Waals surface area contributed by atoms with Gasteiger partial charge in [-0.25, -0.2) is 9.97 Å². The third-order valence-corrected chi connectivity index (χ3v) is 6.43. The number of methoxy groups -OCH3 is 1. The molecule has 140 valence electrons. The zero-order valence-corrected chi connectivity index (χ0v) is 15.7.